The summed E-state index contributed by atoms with van der Waals surface area (Å²) < 4.78 is 34.3. The SMILES string of the molecule is CCOC(=O)c1c(=O)c2cc(F)c(F)c3ncc4csc1n4c32. The Balaban J connectivity index is 2.31. The minimum Gasteiger partial charge on any atom is -0.462 e. The molecule has 0 aliphatic carbocycles. The fraction of sp³-hybridized carbons (Fsp3) is 0.133. The molecule has 0 N–H and O–H groups in total. The summed E-state index contributed by atoms with van der Waals surface area (Å²) >= 11 is 1.15. The maximum atomic E-state index is 14.0. The summed E-state index contributed by atoms with van der Waals surface area (Å²) in [6.45, 7) is 1.72. The fourth-order valence-electron chi connectivity index (χ4n) is 2.69. The average Bonchev–Trinajstić information content (AvgIpc) is 2.94. The molecule has 0 unspecified atom stereocenters. The Morgan fingerprint density at radius 2 is 2.22 bits per heavy atom. The molecule has 23 heavy (non-hydrogen) atoms. The molecule has 116 valence electrons. The summed E-state index contributed by atoms with van der Waals surface area (Å²) in [5, 5.41) is 1.58. The molecule has 1 aromatic carbocycles. The van der Waals surface area contributed by atoms with Crippen molar-refractivity contribution in [2.75, 3.05) is 6.61 Å². The predicted octanol–water partition coefficient (Wildman–Crippen LogP) is 2.96. The van der Waals surface area contributed by atoms with E-state index in [2.05, 4.69) is 4.98 Å². The number of ether oxygens (including phenoxy) is 1. The number of rotatable bonds is 2. The largest absolute Gasteiger partial charge is 0.462 e. The van der Waals surface area contributed by atoms with Crippen LogP contribution in [0.3, 0.4) is 0 Å². The summed E-state index contributed by atoms with van der Waals surface area (Å²) in [6.07, 6.45) is 1.37. The molecule has 0 saturated heterocycles. The van der Waals surface area contributed by atoms with Gasteiger partial charge in [-0.05, 0) is 13.0 Å². The van der Waals surface area contributed by atoms with Gasteiger partial charge in [-0.3, -0.25) is 9.20 Å². The minimum atomic E-state index is -1.19. The molecule has 0 fully saturated rings. The Hall–Kier alpha value is -2.61. The third-order valence-electron chi connectivity index (χ3n) is 3.64. The molecule has 5 nitrogen and oxygen atoms in total. The molecule has 3 aromatic heterocycles. The number of carbonyl (C=O) groups excluding carboxylic acids is 1. The maximum absolute atomic E-state index is 14.0. The Morgan fingerprint density at radius 1 is 1.43 bits per heavy atom. The van der Waals surface area contributed by atoms with Crippen molar-refractivity contribution in [1.82, 2.24) is 9.38 Å². The zero-order chi connectivity index (χ0) is 16.3. The van der Waals surface area contributed by atoms with E-state index in [-0.39, 0.29) is 28.6 Å². The summed E-state index contributed by atoms with van der Waals surface area (Å²) in [5.74, 6) is -3.09. The van der Waals surface area contributed by atoms with E-state index < -0.39 is 23.0 Å². The zero-order valence-electron chi connectivity index (χ0n) is 11.7. The first-order valence-electron chi connectivity index (χ1n) is 6.73. The van der Waals surface area contributed by atoms with Crippen molar-refractivity contribution < 1.29 is 18.3 Å². The fourth-order valence-corrected chi connectivity index (χ4v) is 3.69. The molecule has 0 amide bonds. The van der Waals surface area contributed by atoms with Crippen LogP contribution in [0.25, 0.3) is 26.8 Å². The molecule has 0 atom stereocenters. The zero-order valence-corrected chi connectivity index (χ0v) is 12.5. The molecule has 8 heteroatoms. The van der Waals surface area contributed by atoms with Crippen LogP contribution in [0, 0.1) is 11.6 Å². The van der Waals surface area contributed by atoms with Gasteiger partial charge in [-0.25, -0.2) is 18.6 Å². The third-order valence-corrected chi connectivity index (χ3v) is 4.60. The van der Waals surface area contributed by atoms with E-state index in [4.69, 9.17) is 4.74 Å². The standard InChI is InChI=1S/C15H8F2N2O3S/c1-2-22-15(21)9-13(20)7-3-8(16)10(17)11-12(7)19-6(4-18-11)5-23-14(9)19/h3-5H,2H2,1H3. The molecule has 0 aliphatic rings. The maximum Gasteiger partial charge on any atom is 0.345 e. The Kier molecular flexibility index (Phi) is 2.86. The first kappa shape index (κ1) is 14.0. The lowest BCUT2D eigenvalue weighted by atomic mass is 10.1. The summed E-state index contributed by atoms with van der Waals surface area (Å²) in [4.78, 5) is 29.1. The second kappa shape index (κ2) is 4.69. The van der Waals surface area contributed by atoms with Gasteiger partial charge < -0.3 is 4.74 Å². The van der Waals surface area contributed by atoms with Gasteiger partial charge in [-0.2, -0.15) is 0 Å². The van der Waals surface area contributed by atoms with Crippen LogP contribution in [0.1, 0.15) is 17.3 Å². The first-order chi connectivity index (χ1) is 11.0. The summed E-state index contributed by atoms with van der Waals surface area (Å²) in [6, 6.07) is 0.800. The van der Waals surface area contributed by atoms with E-state index >= 15 is 0 Å². The van der Waals surface area contributed by atoms with Crippen LogP contribution < -0.4 is 5.43 Å². The van der Waals surface area contributed by atoms with Crippen molar-refractivity contribution in [1.29, 1.82) is 0 Å². The molecule has 4 aromatic rings. The van der Waals surface area contributed by atoms with Gasteiger partial charge in [0.1, 0.15) is 15.9 Å². The topological polar surface area (TPSA) is 60.7 Å². The number of benzene rings is 1. The van der Waals surface area contributed by atoms with Gasteiger partial charge >= 0.3 is 5.97 Å². The van der Waals surface area contributed by atoms with Crippen molar-refractivity contribution in [3.05, 3.63) is 45.1 Å². The molecule has 0 saturated carbocycles. The van der Waals surface area contributed by atoms with Crippen LogP contribution in [0.2, 0.25) is 0 Å². The average molecular weight is 334 g/mol. The Morgan fingerprint density at radius 3 is 2.96 bits per heavy atom. The lowest BCUT2D eigenvalue weighted by Crippen LogP contribution is -2.20. The van der Waals surface area contributed by atoms with Crippen molar-refractivity contribution >= 4 is 44.1 Å². The molecular weight excluding hydrogens is 326 g/mol. The highest BCUT2D eigenvalue weighted by atomic mass is 32.1. The van der Waals surface area contributed by atoms with Crippen molar-refractivity contribution in [3.8, 4) is 0 Å². The van der Waals surface area contributed by atoms with Crippen LogP contribution in [0.15, 0.2) is 22.4 Å². The van der Waals surface area contributed by atoms with E-state index in [0.717, 1.165) is 17.4 Å². The normalized spacial score (nSPS) is 11.8. The third kappa shape index (κ3) is 1.72. The van der Waals surface area contributed by atoms with Crippen LogP contribution in [-0.2, 0) is 4.74 Å². The summed E-state index contributed by atoms with van der Waals surface area (Å²) in [5.41, 5.74) is -0.366. The number of pyridine rings is 1. The van der Waals surface area contributed by atoms with E-state index in [1.54, 1.807) is 16.7 Å². The lowest BCUT2D eigenvalue weighted by molar-refractivity contribution is 0.0527. The predicted molar refractivity (Wildman–Crippen MR) is 81.4 cm³/mol. The Bertz CT molecular complexity index is 1150. The van der Waals surface area contributed by atoms with Crippen molar-refractivity contribution in [2.24, 2.45) is 0 Å². The highest BCUT2D eigenvalue weighted by molar-refractivity contribution is 7.16. The molecular formula is C15H8F2N2O3S. The number of aromatic nitrogens is 2. The number of hydrogen-bond acceptors (Lipinski definition) is 5. The van der Waals surface area contributed by atoms with Gasteiger partial charge in [0.25, 0.3) is 0 Å². The van der Waals surface area contributed by atoms with Crippen LogP contribution in [0.5, 0.6) is 0 Å². The lowest BCUT2D eigenvalue weighted by Gasteiger charge is -2.11. The smallest absolute Gasteiger partial charge is 0.345 e. The van der Waals surface area contributed by atoms with Crippen LogP contribution in [0.4, 0.5) is 8.78 Å². The first-order valence-corrected chi connectivity index (χ1v) is 7.61. The molecule has 3 heterocycles. The number of esters is 1. The van der Waals surface area contributed by atoms with E-state index in [0.29, 0.717) is 10.3 Å². The monoisotopic (exact) mass is 334 g/mol. The highest BCUT2D eigenvalue weighted by Gasteiger charge is 2.25. The minimum absolute atomic E-state index is 0.101. The number of hydrogen-bond donors (Lipinski definition) is 0. The number of halogens is 2. The van der Waals surface area contributed by atoms with Crippen LogP contribution in [-0.4, -0.2) is 22.0 Å². The Labute approximate surface area is 131 Å². The van der Waals surface area contributed by atoms with E-state index in [9.17, 15) is 18.4 Å². The highest BCUT2D eigenvalue weighted by Crippen LogP contribution is 2.31. The molecule has 0 radical (unpaired) electrons. The second-order valence-electron chi connectivity index (χ2n) is 4.90. The molecule has 0 bridgehead atoms. The molecule has 4 rings (SSSR count). The van der Waals surface area contributed by atoms with E-state index in [1.165, 1.54) is 6.20 Å². The van der Waals surface area contributed by atoms with Gasteiger partial charge in [-0.1, -0.05) is 0 Å². The number of carbonyl (C=O) groups is 1. The second-order valence-corrected chi connectivity index (χ2v) is 5.76. The quantitative estimate of drug-likeness (QED) is 0.529. The number of nitrogens with zero attached hydrogens (tertiary/aromatic N) is 2. The van der Waals surface area contributed by atoms with Gasteiger partial charge in [0.2, 0.25) is 5.43 Å². The number of thiazole rings is 1. The van der Waals surface area contributed by atoms with Crippen molar-refractivity contribution in [3.63, 3.8) is 0 Å². The van der Waals surface area contributed by atoms with E-state index in [1.807, 2.05) is 0 Å². The summed E-state index contributed by atoms with van der Waals surface area (Å²) in [7, 11) is 0. The van der Waals surface area contributed by atoms with Crippen LogP contribution >= 0.6 is 11.3 Å². The van der Waals surface area contributed by atoms with Gasteiger partial charge in [0, 0.05) is 5.38 Å². The molecule has 0 aliphatic heterocycles. The van der Waals surface area contributed by atoms with Gasteiger partial charge in [0.15, 0.2) is 11.6 Å². The molecule has 0 spiro atoms. The van der Waals surface area contributed by atoms with Gasteiger partial charge in [0.05, 0.1) is 29.2 Å². The van der Waals surface area contributed by atoms with Crippen molar-refractivity contribution in [2.45, 2.75) is 6.92 Å². The van der Waals surface area contributed by atoms with Gasteiger partial charge in [-0.15, -0.1) is 11.3 Å².